The smallest absolute Gasteiger partial charge is 0.322 e. The Morgan fingerprint density at radius 3 is 2.55 bits per heavy atom. The Labute approximate surface area is 195 Å². The van der Waals surface area contributed by atoms with Gasteiger partial charge in [-0.1, -0.05) is 12.0 Å². The van der Waals surface area contributed by atoms with Crippen molar-refractivity contribution in [1.82, 2.24) is 9.80 Å². The van der Waals surface area contributed by atoms with Crippen molar-refractivity contribution in [2.24, 2.45) is 0 Å². The van der Waals surface area contributed by atoms with E-state index >= 15 is 0 Å². The van der Waals surface area contributed by atoms with Crippen LogP contribution < -0.4 is 10.6 Å². The molecule has 7 nitrogen and oxygen atoms in total. The highest BCUT2D eigenvalue weighted by Crippen LogP contribution is 2.31. The third-order valence-corrected chi connectivity index (χ3v) is 6.72. The van der Waals surface area contributed by atoms with E-state index in [2.05, 4.69) is 41.5 Å². The number of likely N-dealkylation sites (N-methyl/N-ethyl adjacent to an activating group) is 1. The zero-order chi connectivity index (χ0) is 23.5. The molecule has 2 aromatic carbocycles. The van der Waals surface area contributed by atoms with Gasteiger partial charge >= 0.3 is 6.03 Å². The van der Waals surface area contributed by atoms with Gasteiger partial charge in [-0.3, -0.25) is 9.69 Å². The standard InChI is InChI=1S/C26H30N4O3/c1-5-18-6-9-20(10-7-18)28-26(32)30-16-22(33-4)15-24(30)25(31)27-21-11-8-19-12-13-29(3)17(2)23(19)14-21/h1,6-11,14,17,22,24H,12-13,15-16H2,2-4H3,(H,27,31)(H,28,32)/t17?,22?,24-/m1/s1. The number of carbonyl (C=O) groups is 2. The fourth-order valence-electron chi connectivity index (χ4n) is 4.53. The van der Waals surface area contributed by atoms with E-state index in [1.54, 1.807) is 31.4 Å². The van der Waals surface area contributed by atoms with Gasteiger partial charge in [0.2, 0.25) is 5.91 Å². The summed E-state index contributed by atoms with van der Waals surface area (Å²) in [5, 5.41) is 5.88. The van der Waals surface area contributed by atoms with Crippen molar-refractivity contribution in [2.75, 3.05) is 37.9 Å². The lowest BCUT2D eigenvalue weighted by molar-refractivity contribution is -0.119. The number of anilines is 2. The van der Waals surface area contributed by atoms with E-state index in [9.17, 15) is 9.59 Å². The minimum Gasteiger partial charge on any atom is -0.380 e. The molecule has 7 heteroatoms. The van der Waals surface area contributed by atoms with Crippen molar-refractivity contribution >= 4 is 23.3 Å². The average molecular weight is 447 g/mol. The molecule has 0 aromatic heterocycles. The fraction of sp³-hybridized carbons (Fsp3) is 0.385. The number of methoxy groups -OCH3 is 1. The first-order chi connectivity index (χ1) is 15.9. The van der Waals surface area contributed by atoms with Crippen LogP contribution in [0.2, 0.25) is 0 Å². The predicted molar refractivity (Wildman–Crippen MR) is 129 cm³/mol. The van der Waals surface area contributed by atoms with Crippen LogP contribution in [-0.4, -0.2) is 61.1 Å². The van der Waals surface area contributed by atoms with Gasteiger partial charge in [-0.25, -0.2) is 4.79 Å². The molecule has 0 bridgehead atoms. The van der Waals surface area contributed by atoms with Crippen LogP contribution in [0.1, 0.15) is 36.1 Å². The van der Waals surface area contributed by atoms with Crippen molar-refractivity contribution < 1.29 is 14.3 Å². The molecule has 0 spiro atoms. The summed E-state index contributed by atoms with van der Waals surface area (Å²) in [4.78, 5) is 30.1. The third-order valence-electron chi connectivity index (χ3n) is 6.72. The van der Waals surface area contributed by atoms with Crippen molar-refractivity contribution in [1.29, 1.82) is 0 Å². The molecule has 1 fully saturated rings. The van der Waals surface area contributed by atoms with Crippen LogP contribution in [0.25, 0.3) is 0 Å². The van der Waals surface area contributed by atoms with Crippen LogP contribution in [0.15, 0.2) is 42.5 Å². The normalized spacial score (nSPS) is 22.4. The number of hydrogen-bond donors (Lipinski definition) is 2. The van der Waals surface area contributed by atoms with Gasteiger partial charge in [0.1, 0.15) is 6.04 Å². The summed E-state index contributed by atoms with van der Waals surface area (Å²) in [6, 6.07) is 12.4. The molecule has 3 atom stereocenters. The molecule has 1 saturated heterocycles. The number of likely N-dealkylation sites (tertiary alicyclic amines) is 1. The predicted octanol–water partition coefficient (Wildman–Crippen LogP) is 3.48. The second-order valence-corrected chi connectivity index (χ2v) is 8.72. The summed E-state index contributed by atoms with van der Waals surface area (Å²) in [6.07, 6.45) is 6.63. The van der Waals surface area contributed by atoms with Crippen molar-refractivity contribution in [3.8, 4) is 12.3 Å². The fourth-order valence-corrected chi connectivity index (χ4v) is 4.53. The number of amides is 3. The lowest BCUT2D eigenvalue weighted by Gasteiger charge is -2.32. The van der Waals surface area contributed by atoms with Gasteiger partial charge in [0, 0.05) is 49.6 Å². The van der Waals surface area contributed by atoms with Crippen LogP contribution in [0.4, 0.5) is 16.2 Å². The number of fused-ring (bicyclic) bond motifs is 1. The summed E-state index contributed by atoms with van der Waals surface area (Å²) < 4.78 is 5.47. The monoisotopic (exact) mass is 446 g/mol. The number of nitrogens with one attached hydrogen (secondary N) is 2. The molecule has 4 rings (SSSR count). The van der Waals surface area contributed by atoms with Crippen LogP contribution in [0.5, 0.6) is 0 Å². The highest BCUT2D eigenvalue weighted by atomic mass is 16.5. The molecular formula is C26H30N4O3. The van der Waals surface area contributed by atoms with Crippen molar-refractivity contribution in [3.63, 3.8) is 0 Å². The summed E-state index contributed by atoms with van der Waals surface area (Å²) >= 11 is 0. The van der Waals surface area contributed by atoms with Gasteiger partial charge in [-0.15, -0.1) is 6.42 Å². The molecule has 2 aliphatic rings. The Morgan fingerprint density at radius 2 is 1.85 bits per heavy atom. The first kappa shape index (κ1) is 22.8. The largest absolute Gasteiger partial charge is 0.380 e. The Hall–Kier alpha value is -3.34. The molecule has 2 unspecified atom stereocenters. The molecule has 33 heavy (non-hydrogen) atoms. The van der Waals surface area contributed by atoms with E-state index in [-0.39, 0.29) is 24.1 Å². The summed E-state index contributed by atoms with van der Waals surface area (Å²) in [5.41, 5.74) is 4.64. The molecule has 172 valence electrons. The summed E-state index contributed by atoms with van der Waals surface area (Å²) in [6.45, 7) is 3.54. The van der Waals surface area contributed by atoms with Crippen molar-refractivity contribution in [3.05, 3.63) is 59.2 Å². The molecule has 2 aromatic rings. The molecule has 2 heterocycles. The Kier molecular flexibility index (Phi) is 6.68. The highest BCUT2D eigenvalue weighted by Gasteiger charge is 2.40. The summed E-state index contributed by atoms with van der Waals surface area (Å²) in [7, 11) is 3.71. The van der Waals surface area contributed by atoms with E-state index in [0.717, 1.165) is 24.2 Å². The van der Waals surface area contributed by atoms with Crippen molar-refractivity contribution in [2.45, 2.75) is 38.0 Å². The van der Waals surface area contributed by atoms with Gasteiger partial charge in [0.05, 0.1) is 6.10 Å². The quantitative estimate of drug-likeness (QED) is 0.706. The Balaban J connectivity index is 1.48. The molecule has 2 N–H and O–H groups in total. The number of benzene rings is 2. The first-order valence-electron chi connectivity index (χ1n) is 11.2. The zero-order valence-electron chi connectivity index (χ0n) is 19.3. The zero-order valence-corrected chi connectivity index (χ0v) is 19.3. The topological polar surface area (TPSA) is 73.9 Å². The van der Waals surface area contributed by atoms with Gasteiger partial charge in [-0.2, -0.15) is 0 Å². The lowest BCUT2D eigenvalue weighted by atomic mass is 9.93. The number of urea groups is 1. The number of hydrogen-bond acceptors (Lipinski definition) is 4. The third kappa shape index (κ3) is 4.87. The van der Waals surface area contributed by atoms with E-state index in [1.165, 1.54) is 16.0 Å². The molecule has 2 aliphatic heterocycles. The molecule has 0 saturated carbocycles. The van der Waals surface area contributed by atoms with Crippen LogP contribution in [0, 0.1) is 12.3 Å². The first-order valence-corrected chi connectivity index (χ1v) is 11.2. The number of rotatable bonds is 4. The number of nitrogens with zero attached hydrogens (tertiary/aromatic N) is 2. The van der Waals surface area contributed by atoms with Gasteiger partial charge in [0.15, 0.2) is 0 Å². The minimum atomic E-state index is -0.629. The van der Waals surface area contributed by atoms with Crippen LogP contribution in [0.3, 0.4) is 0 Å². The molecular weight excluding hydrogens is 416 g/mol. The highest BCUT2D eigenvalue weighted by molar-refractivity contribution is 5.99. The SMILES string of the molecule is C#Cc1ccc(NC(=O)N2CC(OC)C[C@@H]2C(=O)Nc2ccc3c(c2)C(C)N(C)CC3)cc1. The van der Waals surface area contributed by atoms with Gasteiger partial charge in [0.25, 0.3) is 0 Å². The molecule has 0 radical (unpaired) electrons. The summed E-state index contributed by atoms with van der Waals surface area (Å²) in [5.74, 6) is 2.33. The van der Waals surface area contributed by atoms with E-state index in [4.69, 9.17) is 11.2 Å². The minimum absolute atomic E-state index is 0.201. The average Bonchev–Trinajstić information content (AvgIpc) is 3.27. The second kappa shape index (κ2) is 9.65. The Morgan fingerprint density at radius 1 is 1.12 bits per heavy atom. The molecule has 0 aliphatic carbocycles. The maximum atomic E-state index is 13.2. The molecule has 3 amide bonds. The van der Waals surface area contributed by atoms with Gasteiger partial charge in [-0.05, 0) is 67.9 Å². The lowest BCUT2D eigenvalue weighted by Crippen LogP contribution is -2.45. The van der Waals surface area contributed by atoms with Crippen LogP contribution in [-0.2, 0) is 16.0 Å². The van der Waals surface area contributed by atoms with E-state index in [0.29, 0.717) is 18.7 Å². The maximum Gasteiger partial charge on any atom is 0.322 e. The van der Waals surface area contributed by atoms with Crippen LogP contribution >= 0.6 is 0 Å². The number of ether oxygens (including phenoxy) is 1. The second-order valence-electron chi connectivity index (χ2n) is 8.72. The van der Waals surface area contributed by atoms with Gasteiger partial charge < -0.3 is 20.3 Å². The Bertz CT molecular complexity index is 1080. The number of carbonyl (C=O) groups excluding carboxylic acids is 2. The van der Waals surface area contributed by atoms with E-state index in [1.807, 2.05) is 12.1 Å². The maximum absolute atomic E-state index is 13.2. The van der Waals surface area contributed by atoms with E-state index < -0.39 is 6.04 Å². The number of terminal acetylenes is 1.